The number of nitrogens with one attached hydrogen (secondary N) is 2. The lowest BCUT2D eigenvalue weighted by atomic mass is 10.1. The van der Waals surface area contributed by atoms with Gasteiger partial charge in [-0.15, -0.1) is 0 Å². The number of amides is 1. The summed E-state index contributed by atoms with van der Waals surface area (Å²) in [5, 5.41) is 6.23. The minimum Gasteiger partial charge on any atom is -0.350 e. The van der Waals surface area contributed by atoms with Gasteiger partial charge < -0.3 is 10.6 Å². The Morgan fingerprint density at radius 1 is 1.28 bits per heavy atom. The third-order valence-corrected chi connectivity index (χ3v) is 3.23. The molecule has 96 valence electrons. The molecule has 0 saturated carbocycles. The van der Waals surface area contributed by atoms with Crippen molar-refractivity contribution in [2.24, 2.45) is 0 Å². The van der Waals surface area contributed by atoms with Crippen molar-refractivity contribution in [2.45, 2.75) is 25.8 Å². The van der Waals surface area contributed by atoms with E-state index < -0.39 is 0 Å². The molecule has 1 saturated heterocycles. The number of benzene rings is 1. The zero-order valence-corrected chi connectivity index (χ0v) is 10.5. The topological polar surface area (TPSA) is 58.2 Å². The van der Waals surface area contributed by atoms with Crippen LogP contribution in [0.5, 0.6) is 0 Å². The average Bonchev–Trinajstić information content (AvgIpc) is 2.89. The van der Waals surface area contributed by atoms with Crippen LogP contribution in [-0.4, -0.2) is 30.8 Å². The van der Waals surface area contributed by atoms with E-state index in [1.54, 1.807) is 24.3 Å². The van der Waals surface area contributed by atoms with Crippen LogP contribution in [0.4, 0.5) is 0 Å². The zero-order valence-electron chi connectivity index (χ0n) is 10.5. The fraction of sp³-hybridized carbons (Fsp3) is 0.429. The van der Waals surface area contributed by atoms with Crippen LogP contribution >= 0.6 is 0 Å². The largest absolute Gasteiger partial charge is 0.350 e. The zero-order chi connectivity index (χ0) is 13.0. The van der Waals surface area contributed by atoms with E-state index in [4.69, 9.17) is 0 Å². The van der Waals surface area contributed by atoms with Gasteiger partial charge in [0.25, 0.3) is 5.91 Å². The van der Waals surface area contributed by atoms with Gasteiger partial charge in [0.1, 0.15) is 0 Å². The van der Waals surface area contributed by atoms with Crippen LogP contribution in [0.1, 0.15) is 40.5 Å². The molecular weight excluding hydrogens is 228 g/mol. The number of hydrogen-bond acceptors (Lipinski definition) is 3. The fourth-order valence-electron chi connectivity index (χ4n) is 2.11. The summed E-state index contributed by atoms with van der Waals surface area (Å²) in [6.45, 7) is 3.21. The van der Waals surface area contributed by atoms with Gasteiger partial charge in [-0.1, -0.05) is 12.1 Å². The Labute approximate surface area is 107 Å². The van der Waals surface area contributed by atoms with Gasteiger partial charge in [-0.25, -0.2) is 0 Å². The smallest absolute Gasteiger partial charge is 0.251 e. The second-order valence-corrected chi connectivity index (χ2v) is 4.64. The van der Waals surface area contributed by atoms with Crippen molar-refractivity contribution >= 4 is 11.7 Å². The highest BCUT2D eigenvalue weighted by molar-refractivity contribution is 5.97. The maximum absolute atomic E-state index is 11.9. The van der Waals surface area contributed by atoms with Gasteiger partial charge in [0.05, 0.1) is 0 Å². The molecule has 2 N–H and O–H groups in total. The quantitative estimate of drug-likeness (QED) is 0.789. The molecular formula is C14H18N2O2. The Hall–Kier alpha value is -1.68. The maximum Gasteiger partial charge on any atom is 0.251 e. The molecule has 0 bridgehead atoms. The van der Waals surface area contributed by atoms with E-state index in [0.717, 1.165) is 13.0 Å². The van der Waals surface area contributed by atoms with Gasteiger partial charge >= 0.3 is 0 Å². The second kappa shape index (κ2) is 5.78. The lowest BCUT2D eigenvalue weighted by molar-refractivity contribution is 0.0948. The molecule has 1 aliphatic rings. The third-order valence-electron chi connectivity index (χ3n) is 3.23. The minimum absolute atomic E-state index is 0.0112. The molecule has 4 heteroatoms. The van der Waals surface area contributed by atoms with Crippen LogP contribution in [0, 0.1) is 0 Å². The Bertz CT molecular complexity index is 434. The van der Waals surface area contributed by atoms with Gasteiger partial charge in [0.15, 0.2) is 5.78 Å². The van der Waals surface area contributed by atoms with Gasteiger partial charge in [0.2, 0.25) is 0 Å². The van der Waals surface area contributed by atoms with Gasteiger partial charge in [-0.3, -0.25) is 9.59 Å². The van der Waals surface area contributed by atoms with Crippen LogP contribution in [-0.2, 0) is 0 Å². The van der Waals surface area contributed by atoms with Gasteiger partial charge in [0, 0.05) is 23.7 Å². The lowest BCUT2D eigenvalue weighted by Gasteiger charge is -2.11. The molecule has 1 unspecified atom stereocenters. The summed E-state index contributed by atoms with van der Waals surface area (Å²) in [5.41, 5.74) is 1.22. The molecule has 1 heterocycles. The van der Waals surface area contributed by atoms with Gasteiger partial charge in [-0.2, -0.15) is 0 Å². The molecule has 1 atom stereocenters. The van der Waals surface area contributed by atoms with Crippen LogP contribution in [0.25, 0.3) is 0 Å². The Morgan fingerprint density at radius 3 is 2.50 bits per heavy atom. The summed E-state index contributed by atoms with van der Waals surface area (Å²) in [6, 6.07) is 7.14. The number of carbonyl (C=O) groups is 2. The molecule has 1 fully saturated rings. The van der Waals surface area contributed by atoms with Crippen molar-refractivity contribution < 1.29 is 9.59 Å². The van der Waals surface area contributed by atoms with Crippen molar-refractivity contribution in [2.75, 3.05) is 13.1 Å². The maximum atomic E-state index is 11.9. The number of hydrogen-bond donors (Lipinski definition) is 2. The highest BCUT2D eigenvalue weighted by atomic mass is 16.1. The Balaban J connectivity index is 1.89. The van der Waals surface area contributed by atoms with E-state index in [1.807, 2.05) is 0 Å². The molecule has 4 nitrogen and oxygen atoms in total. The van der Waals surface area contributed by atoms with E-state index in [-0.39, 0.29) is 11.7 Å². The predicted octanol–water partition coefficient (Wildman–Crippen LogP) is 1.37. The standard InChI is InChI=1S/C14H18N2O2/c1-10(17)11-4-6-12(7-5-11)14(18)16-9-13-3-2-8-15-13/h4-7,13,15H,2-3,8-9H2,1H3,(H,16,18). The van der Waals surface area contributed by atoms with Crippen molar-refractivity contribution in [1.82, 2.24) is 10.6 Å². The molecule has 0 radical (unpaired) electrons. The van der Waals surface area contributed by atoms with E-state index in [9.17, 15) is 9.59 Å². The summed E-state index contributed by atoms with van der Waals surface area (Å²) in [5.74, 6) is -0.0732. The fourth-order valence-corrected chi connectivity index (χ4v) is 2.11. The van der Waals surface area contributed by atoms with E-state index in [0.29, 0.717) is 23.7 Å². The van der Waals surface area contributed by atoms with Crippen molar-refractivity contribution in [1.29, 1.82) is 0 Å². The minimum atomic E-state index is -0.0844. The van der Waals surface area contributed by atoms with Crippen LogP contribution in [0.15, 0.2) is 24.3 Å². The molecule has 0 aliphatic carbocycles. The highest BCUT2D eigenvalue weighted by Gasteiger charge is 2.15. The van der Waals surface area contributed by atoms with Crippen molar-refractivity contribution in [3.8, 4) is 0 Å². The van der Waals surface area contributed by atoms with Gasteiger partial charge in [-0.05, 0) is 38.4 Å². The molecule has 0 aromatic heterocycles. The molecule has 0 spiro atoms. The first-order chi connectivity index (χ1) is 8.66. The summed E-state index contributed by atoms with van der Waals surface area (Å²) in [4.78, 5) is 23.0. The SMILES string of the molecule is CC(=O)c1ccc(C(=O)NCC2CCCN2)cc1. The second-order valence-electron chi connectivity index (χ2n) is 4.64. The van der Waals surface area contributed by atoms with E-state index in [2.05, 4.69) is 10.6 Å². The summed E-state index contributed by atoms with van der Waals surface area (Å²) in [6.07, 6.45) is 2.29. The van der Waals surface area contributed by atoms with Crippen molar-refractivity contribution in [3.63, 3.8) is 0 Å². The van der Waals surface area contributed by atoms with Crippen molar-refractivity contribution in [3.05, 3.63) is 35.4 Å². The normalized spacial score (nSPS) is 18.6. The van der Waals surface area contributed by atoms with E-state index in [1.165, 1.54) is 13.3 Å². The van der Waals surface area contributed by atoms with Crippen LogP contribution in [0.3, 0.4) is 0 Å². The first-order valence-electron chi connectivity index (χ1n) is 6.29. The van der Waals surface area contributed by atoms with Crippen LogP contribution in [0.2, 0.25) is 0 Å². The Morgan fingerprint density at radius 2 is 1.94 bits per heavy atom. The molecule has 1 aliphatic heterocycles. The summed E-state index contributed by atoms with van der Waals surface area (Å²) < 4.78 is 0. The first kappa shape index (κ1) is 12.8. The predicted molar refractivity (Wildman–Crippen MR) is 69.8 cm³/mol. The summed E-state index contributed by atoms with van der Waals surface area (Å²) in [7, 11) is 0. The third kappa shape index (κ3) is 3.17. The molecule has 1 aromatic carbocycles. The lowest BCUT2D eigenvalue weighted by Crippen LogP contribution is -2.37. The highest BCUT2D eigenvalue weighted by Crippen LogP contribution is 2.06. The number of carbonyl (C=O) groups excluding carboxylic acids is 2. The monoisotopic (exact) mass is 246 g/mol. The van der Waals surface area contributed by atoms with E-state index >= 15 is 0 Å². The molecule has 2 rings (SSSR count). The molecule has 1 amide bonds. The molecule has 1 aromatic rings. The number of rotatable bonds is 4. The van der Waals surface area contributed by atoms with Crippen LogP contribution < -0.4 is 10.6 Å². The Kier molecular flexibility index (Phi) is 4.10. The number of Topliss-reactive ketones (excluding diaryl/α,β-unsaturated/α-hetero) is 1. The summed E-state index contributed by atoms with van der Waals surface area (Å²) >= 11 is 0. The average molecular weight is 246 g/mol. The first-order valence-corrected chi connectivity index (χ1v) is 6.29. The molecule has 18 heavy (non-hydrogen) atoms. The number of ketones is 1.